The molecule has 12 aromatic rings. The number of aromatic nitrogens is 5. The summed E-state index contributed by atoms with van der Waals surface area (Å²) in [6.07, 6.45) is 0. The topological polar surface area (TPSA) is 72.3 Å². The van der Waals surface area contributed by atoms with Crippen molar-refractivity contribution >= 4 is 43.6 Å². The fourth-order valence-corrected chi connectivity index (χ4v) is 11.7. The largest absolute Gasteiger partial charge is 0.308 e. The molecule has 0 unspecified atom stereocenters. The van der Waals surface area contributed by atoms with Gasteiger partial charge in [-0.1, -0.05) is 144 Å². The Morgan fingerprint density at radius 2 is 0.649 bits per heavy atom. The van der Waals surface area contributed by atoms with E-state index < -0.39 is 0 Å². The maximum absolute atomic E-state index is 11.7. The average Bonchev–Trinajstić information content (AvgIpc) is 3.87. The number of aryl methyl sites for hydroxylation is 10. The Hall–Kier alpha value is -8.92. The zero-order chi connectivity index (χ0) is 51.3. The second-order valence-electron chi connectivity index (χ2n) is 20.6. The lowest BCUT2D eigenvalue weighted by Crippen LogP contribution is -2.07. The molecule has 0 spiro atoms. The maximum Gasteiger partial charge on any atom is 0.165 e. The number of hydrogen-bond donors (Lipinski definition) is 0. The number of fused-ring (bicyclic) bond motifs is 6. The standard InChI is InChI=1S/C68H56N6/c1-38-11-19-53(42(5)27-38)48-15-23-57-58-24-16-49(54-20-12-39(2)28-43(54)6)32-64(58)73(63(57)31-48)62-36-61(68-71-46(9)70-47(10)72-68)67(35-52(62)37-69)74-65-33-50(55-21-13-40(3)29-44(55)7)17-25-59(65)60-26-18-51(34-66(60)74)56-22-14-41(4)30-45(56)8/h11-36H,1-10H3. The van der Waals surface area contributed by atoms with E-state index in [1.165, 1.54) is 66.8 Å². The normalized spacial score (nSPS) is 11.6. The Bertz CT molecular complexity index is 4140. The van der Waals surface area contributed by atoms with E-state index in [0.717, 1.165) is 82.8 Å². The summed E-state index contributed by atoms with van der Waals surface area (Å²) in [7, 11) is 0. The highest BCUT2D eigenvalue weighted by Gasteiger charge is 2.25. The first-order valence-electron chi connectivity index (χ1n) is 25.5. The van der Waals surface area contributed by atoms with Gasteiger partial charge < -0.3 is 9.13 Å². The van der Waals surface area contributed by atoms with Gasteiger partial charge in [-0.05, 0) is 172 Å². The molecule has 0 aliphatic rings. The molecule has 0 bridgehead atoms. The lowest BCUT2D eigenvalue weighted by molar-refractivity contribution is 0.926. The van der Waals surface area contributed by atoms with Crippen molar-refractivity contribution in [1.82, 2.24) is 24.1 Å². The van der Waals surface area contributed by atoms with Crippen LogP contribution in [0.4, 0.5) is 0 Å². The van der Waals surface area contributed by atoms with Crippen LogP contribution in [0.1, 0.15) is 61.7 Å². The third kappa shape index (κ3) is 7.75. The van der Waals surface area contributed by atoms with Crippen molar-refractivity contribution in [2.75, 3.05) is 0 Å². The number of hydrogen-bond acceptors (Lipinski definition) is 4. The molecule has 74 heavy (non-hydrogen) atoms. The van der Waals surface area contributed by atoms with E-state index in [-0.39, 0.29) is 0 Å². The van der Waals surface area contributed by atoms with Crippen LogP contribution in [0.3, 0.4) is 0 Å². The first-order valence-corrected chi connectivity index (χ1v) is 25.5. The van der Waals surface area contributed by atoms with Crippen molar-refractivity contribution in [1.29, 1.82) is 5.26 Å². The van der Waals surface area contributed by atoms with E-state index >= 15 is 0 Å². The van der Waals surface area contributed by atoms with Gasteiger partial charge in [-0.25, -0.2) is 15.0 Å². The van der Waals surface area contributed by atoms with Crippen LogP contribution in [-0.4, -0.2) is 24.1 Å². The highest BCUT2D eigenvalue weighted by molar-refractivity contribution is 6.13. The quantitative estimate of drug-likeness (QED) is 0.160. The predicted molar refractivity (Wildman–Crippen MR) is 308 cm³/mol. The molecule has 6 nitrogen and oxygen atoms in total. The van der Waals surface area contributed by atoms with Crippen molar-refractivity contribution in [3.05, 3.63) is 219 Å². The van der Waals surface area contributed by atoms with Gasteiger partial charge >= 0.3 is 0 Å². The van der Waals surface area contributed by atoms with Gasteiger partial charge in [0.05, 0.1) is 39.0 Å². The summed E-state index contributed by atoms with van der Waals surface area (Å²) in [4.78, 5) is 14.9. The minimum absolute atomic E-state index is 0.518. The van der Waals surface area contributed by atoms with Crippen LogP contribution in [0.15, 0.2) is 158 Å². The molecule has 0 amide bonds. The van der Waals surface area contributed by atoms with Gasteiger partial charge in [0.2, 0.25) is 0 Å². The Morgan fingerprint density at radius 1 is 0.324 bits per heavy atom. The summed E-state index contributed by atoms with van der Waals surface area (Å²) in [6, 6.07) is 60.8. The first-order chi connectivity index (χ1) is 35.7. The summed E-state index contributed by atoms with van der Waals surface area (Å²) in [5.74, 6) is 1.78. The molecule has 3 aromatic heterocycles. The van der Waals surface area contributed by atoms with Crippen molar-refractivity contribution in [2.45, 2.75) is 69.2 Å². The van der Waals surface area contributed by atoms with E-state index in [1.54, 1.807) is 0 Å². The third-order valence-electron chi connectivity index (χ3n) is 15.1. The molecule has 0 aliphatic heterocycles. The molecule has 0 aliphatic carbocycles. The third-order valence-corrected chi connectivity index (χ3v) is 15.1. The molecule has 6 heteroatoms. The second kappa shape index (κ2) is 17.7. The van der Waals surface area contributed by atoms with Gasteiger partial charge in [-0.2, -0.15) is 5.26 Å². The van der Waals surface area contributed by atoms with E-state index in [9.17, 15) is 5.26 Å². The Balaban J connectivity index is 1.21. The maximum atomic E-state index is 11.7. The lowest BCUT2D eigenvalue weighted by atomic mass is 9.96. The molecule has 358 valence electrons. The van der Waals surface area contributed by atoms with Gasteiger partial charge in [-0.15, -0.1) is 0 Å². The molecule has 0 saturated heterocycles. The lowest BCUT2D eigenvalue weighted by Gasteiger charge is -2.19. The number of nitriles is 1. The van der Waals surface area contributed by atoms with E-state index in [2.05, 4.69) is 233 Å². The van der Waals surface area contributed by atoms with Crippen LogP contribution >= 0.6 is 0 Å². The highest BCUT2D eigenvalue weighted by Crippen LogP contribution is 2.44. The van der Waals surface area contributed by atoms with Crippen LogP contribution < -0.4 is 0 Å². The van der Waals surface area contributed by atoms with E-state index in [4.69, 9.17) is 9.97 Å². The predicted octanol–water partition coefficient (Wildman–Crippen LogP) is 17.4. The van der Waals surface area contributed by atoms with Gasteiger partial charge in [-0.3, -0.25) is 0 Å². The van der Waals surface area contributed by atoms with E-state index in [0.29, 0.717) is 23.0 Å². The fourth-order valence-electron chi connectivity index (χ4n) is 11.7. The number of rotatable bonds is 7. The molecule has 3 heterocycles. The molecule has 0 saturated carbocycles. The molecule has 0 N–H and O–H groups in total. The van der Waals surface area contributed by atoms with E-state index in [1.807, 2.05) is 13.8 Å². The van der Waals surface area contributed by atoms with Crippen molar-refractivity contribution in [2.24, 2.45) is 0 Å². The molecule has 0 radical (unpaired) electrons. The molecule has 0 fully saturated rings. The average molecular weight is 957 g/mol. The summed E-state index contributed by atoms with van der Waals surface area (Å²) < 4.78 is 4.65. The molecular weight excluding hydrogens is 901 g/mol. The Labute approximate surface area is 432 Å². The number of benzene rings is 9. The van der Waals surface area contributed by atoms with Crippen molar-refractivity contribution in [3.8, 4) is 73.3 Å². The van der Waals surface area contributed by atoms with Crippen LogP contribution in [0.5, 0.6) is 0 Å². The molecule has 0 atom stereocenters. The fraction of sp³-hybridized carbons (Fsp3) is 0.147. The Kier molecular flexibility index (Phi) is 11.0. The first kappa shape index (κ1) is 46.2. The SMILES string of the molecule is Cc1ccc(-c2ccc3c4ccc(-c5ccc(C)cc5C)cc4n(-c4cc(-c5nc(C)nc(C)n5)c(-n5c6cc(-c7ccc(C)cc7C)ccc6c6ccc(-c7ccc(C)cc7C)cc65)cc4C#N)c3c2)c(C)c1. The summed E-state index contributed by atoms with van der Waals surface area (Å²) in [5.41, 5.74) is 25.8. The van der Waals surface area contributed by atoms with Gasteiger partial charge in [0.1, 0.15) is 17.7 Å². The van der Waals surface area contributed by atoms with Crippen molar-refractivity contribution in [3.63, 3.8) is 0 Å². The summed E-state index contributed by atoms with van der Waals surface area (Å²) in [6.45, 7) is 21.1. The summed E-state index contributed by atoms with van der Waals surface area (Å²) >= 11 is 0. The second-order valence-corrected chi connectivity index (χ2v) is 20.6. The number of nitrogens with zero attached hydrogens (tertiary/aromatic N) is 6. The smallest absolute Gasteiger partial charge is 0.165 e. The van der Waals surface area contributed by atoms with Crippen LogP contribution in [0.25, 0.3) is 111 Å². The highest BCUT2D eigenvalue weighted by atomic mass is 15.1. The summed E-state index contributed by atoms with van der Waals surface area (Å²) in [5, 5.41) is 16.1. The van der Waals surface area contributed by atoms with Crippen LogP contribution in [0.2, 0.25) is 0 Å². The van der Waals surface area contributed by atoms with Gasteiger partial charge in [0.25, 0.3) is 0 Å². The van der Waals surface area contributed by atoms with Crippen molar-refractivity contribution < 1.29 is 0 Å². The van der Waals surface area contributed by atoms with Crippen LogP contribution in [-0.2, 0) is 0 Å². The van der Waals surface area contributed by atoms with Gasteiger partial charge in [0.15, 0.2) is 5.82 Å². The zero-order valence-corrected chi connectivity index (χ0v) is 43.7. The molecule has 12 rings (SSSR count). The zero-order valence-electron chi connectivity index (χ0n) is 43.7. The van der Waals surface area contributed by atoms with Gasteiger partial charge in [0, 0.05) is 27.1 Å². The molecular formula is C68H56N6. The monoisotopic (exact) mass is 956 g/mol. The minimum atomic E-state index is 0.518. The molecule has 9 aromatic carbocycles. The Morgan fingerprint density at radius 3 is 0.959 bits per heavy atom. The van der Waals surface area contributed by atoms with Crippen LogP contribution in [0, 0.1) is 80.6 Å². The minimum Gasteiger partial charge on any atom is -0.308 e.